The summed E-state index contributed by atoms with van der Waals surface area (Å²) in [7, 11) is 0. The van der Waals surface area contributed by atoms with Crippen molar-refractivity contribution in [2.45, 2.75) is 13.8 Å². The minimum Gasteiger partial charge on any atom is -0.284 e. The molecular formula is C19H21NO. The molecule has 0 bridgehead atoms. The maximum atomic E-state index is 12.7. The van der Waals surface area contributed by atoms with Gasteiger partial charge in [-0.25, -0.2) is 0 Å². The monoisotopic (exact) mass is 279 g/mol. The molecule has 2 nitrogen and oxygen atoms in total. The number of carbonyl (C=O) groups is 1. The molecule has 0 spiro atoms. The number of para-hydroxylation sites is 1. The number of hydrogen-bond donors (Lipinski definition) is 0. The van der Waals surface area contributed by atoms with Crippen LogP contribution in [0.4, 0.5) is 5.69 Å². The van der Waals surface area contributed by atoms with Crippen LogP contribution in [0.5, 0.6) is 0 Å². The molecule has 0 fully saturated rings. The summed E-state index contributed by atoms with van der Waals surface area (Å²) in [5.41, 5.74) is 2.15. The van der Waals surface area contributed by atoms with Crippen molar-refractivity contribution in [1.82, 2.24) is 0 Å². The first kappa shape index (κ1) is 16.4. The molecule has 1 rings (SSSR count). The van der Waals surface area contributed by atoms with Gasteiger partial charge >= 0.3 is 0 Å². The molecular weight excluding hydrogens is 258 g/mol. The van der Waals surface area contributed by atoms with Gasteiger partial charge in [-0.15, -0.1) is 0 Å². The van der Waals surface area contributed by atoms with E-state index in [1.165, 1.54) is 11.1 Å². The summed E-state index contributed by atoms with van der Waals surface area (Å²) in [6.45, 7) is 11.3. The zero-order chi connectivity index (χ0) is 15.7. The normalized spacial score (nSPS) is 12.3. The van der Waals surface area contributed by atoms with E-state index in [4.69, 9.17) is 0 Å². The number of allylic oxidation sites excluding steroid dienone is 5. The van der Waals surface area contributed by atoms with Crippen LogP contribution >= 0.6 is 0 Å². The lowest BCUT2D eigenvalue weighted by molar-refractivity contribution is -0.114. The number of carbonyl (C=O) groups excluding carboxylic acids is 1. The van der Waals surface area contributed by atoms with Crippen LogP contribution in [0.2, 0.25) is 0 Å². The third kappa shape index (κ3) is 4.18. The minimum absolute atomic E-state index is 0.130. The van der Waals surface area contributed by atoms with Crippen molar-refractivity contribution in [3.63, 3.8) is 0 Å². The minimum atomic E-state index is -0.130. The third-order valence-corrected chi connectivity index (χ3v) is 2.95. The first-order valence-electron chi connectivity index (χ1n) is 6.82. The number of nitrogens with zero attached hydrogens (tertiary/aromatic N) is 1. The van der Waals surface area contributed by atoms with Crippen molar-refractivity contribution in [1.29, 1.82) is 0 Å². The van der Waals surface area contributed by atoms with Gasteiger partial charge in [0.2, 0.25) is 0 Å². The predicted molar refractivity (Wildman–Crippen MR) is 91.0 cm³/mol. The average molecular weight is 279 g/mol. The molecule has 0 saturated carbocycles. The van der Waals surface area contributed by atoms with Crippen LogP contribution in [0, 0.1) is 0 Å². The van der Waals surface area contributed by atoms with E-state index >= 15 is 0 Å². The second-order valence-corrected chi connectivity index (χ2v) is 4.25. The highest BCUT2D eigenvalue weighted by Gasteiger charge is 2.18. The number of rotatable bonds is 6. The largest absolute Gasteiger partial charge is 0.284 e. The van der Waals surface area contributed by atoms with E-state index in [1.807, 2.05) is 62.4 Å². The molecule has 0 aliphatic heterocycles. The lowest BCUT2D eigenvalue weighted by Crippen LogP contribution is -2.27. The van der Waals surface area contributed by atoms with E-state index in [0.717, 1.165) is 11.3 Å². The van der Waals surface area contributed by atoms with Crippen LogP contribution in [0.25, 0.3) is 0 Å². The molecule has 0 radical (unpaired) electrons. The van der Waals surface area contributed by atoms with Gasteiger partial charge in [0, 0.05) is 17.5 Å². The highest BCUT2D eigenvalue weighted by molar-refractivity contribution is 6.10. The summed E-state index contributed by atoms with van der Waals surface area (Å²) >= 11 is 0. The highest BCUT2D eigenvalue weighted by Crippen LogP contribution is 2.21. The molecule has 0 aliphatic carbocycles. The standard InChI is InChI=1S/C19H21NO/c1-5-9-13-16(6-2)18(7-3)19(21)20(8-4)17-14-11-10-12-15-17/h5-15H,2,4H2,1,3H3/b9-5-,16-13-,18-7+. The Morgan fingerprint density at radius 2 is 1.81 bits per heavy atom. The van der Waals surface area contributed by atoms with Crippen molar-refractivity contribution in [2.24, 2.45) is 0 Å². The predicted octanol–water partition coefficient (Wildman–Crippen LogP) is 4.80. The zero-order valence-electron chi connectivity index (χ0n) is 12.6. The fourth-order valence-corrected chi connectivity index (χ4v) is 1.91. The van der Waals surface area contributed by atoms with Crippen molar-refractivity contribution in [3.05, 3.63) is 91.2 Å². The quantitative estimate of drug-likeness (QED) is 0.541. The highest BCUT2D eigenvalue weighted by atomic mass is 16.2. The molecule has 1 aromatic carbocycles. The summed E-state index contributed by atoms with van der Waals surface area (Å²) in [5.74, 6) is -0.130. The molecule has 0 unspecified atom stereocenters. The van der Waals surface area contributed by atoms with Crippen molar-refractivity contribution in [3.8, 4) is 0 Å². The summed E-state index contributed by atoms with van der Waals surface area (Å²) in [6, 6.07) is 9.43. The Morgan fingerprint density at radius 1 is 1.14 bits per heavy atom. The molecule has 2 heteroatoms. The molecule has 1 aromatic rings. The van der Waals surface area contributed by atoms with E-state index in [-0.39, 0.29) is 5.91 Å². The van der Waals surface area contributed by atoms with Crippen LogP contribution in [-0.2, 0) is 4.79 Å². The fourth-order valence-electron chi connectivity index (χ4n) is 1.91. The molecule has 0 saturated heterocycles. The van der Waals surface area contributed by atoms with E-state index in [9.17, 15) is 4.79 Å². The van der Waals surface area contributed by atoms with Gasteiger partial charge in [-0.05, 0) is 31.6 Å². The van der Waals surface area contributed by atoms with Crippen LogP contribution < -0.4 is 4.90 Å². The Hall–Kier alpha value is -2.61. The fraction of sp³-hybridized carbons (Fsp3) is 0.105. The Morgan fingerprint density at radius 3 is 2.29 bits per heavy atom. The van der Waals surface area contributed by atoms with Crippen molar-refractivity contribution >= 4 is 11.6 Å². The van der Waals surface area contributed by atoms with Crippen LogP contribution in [-0.4, -0.2) is 5.91 Å². The summed E-state index contributed by atoms with van der Waals surface area (Å²) in [4.78, 5) is 14.3. The molecule has 0 aromatic heterocycles. The summed E-state index contributed by atoms with van der Waals surface area (Å²) < 4.78 is 0. The first-order chi connectivity index (χ1) is 10.2. The molecule has 21 heavy (non-hydrogen) atoms. The van der Waals surface area contributed by atoms with Gasteiger partial charge in [0.1, 0.15) is 0 Å². The molecule has 0 atom stereocenters. The SMILES string of the molecule is C=CC(=C/C=C\C)/C(=C\C)C(=O)N(C=C)c1ccccc1. The third-order valence-electron chi connectivity index (χ3n) is 2.95. The number of anilines is 1. The lowest BCUT2D eigenvalue weighted by Gasteiger charge is -2.20. The van der Waals surface area contributed by atoms with E-state index in [1.54, 1.807) is 12.2 Å². The van der Waals surface area contributed by atoms with Crippen molar-refractivity contribution in [2.75, 3.05) is 4.90 Å². The van der Waals surface area contributed by atoms with Gasteiger partial charge in [-0.1, -0.05) is 61.7 Å². The van der Waals surface area contributed by atoms with Crippen LogP contribution in [0.3, 0.4) is 0 Å². The van der Waals surface area contributed by atoms with Gasteiger partial charge in [-0.3, -0.25) is 9.69 Å². The average Bonchev–Trinajstić information content (AvgIpc) is 2.53. The Labute approximate surface area is 127 Å². The molecule has 0 aliphatic rings. The smallest absolute Gasteiger partial charge is 0.262 e. The number of hydrogen-bond acceptors (Lipinski definition) is 1. The van der Waals surface area contributed by atoms with E-state index in [2.05, 4.69) is 13.2 Å². The van der Waals surface area contributed by atoms with Gasteiger partial charge in [0.05, 0.1) is 0 Å². The molecule has 0 N–H and O–H groups in total. The van der Waals surface area contributed by atoms with Crippen LogP contribution in [0.15, 0.2) is 91.2 Å². The van der Waals surface area contributed by atoms with E-state index < -0.39 is 0 Å². The maximum absolute atomic E-state index is 12.7. The summed E-state index contributed by atoms with van der Waals surface area (Å²) in [5, 5.41) is 0. The first-order valence-corrected chi connectivity index (χ1v) is 6.82. The Bertz CT molecular complexity index is 591. The van der Waals surface area contributed by atoms with E-state index in [0.29, 0.717) is 5.57 Å². The number of benzene rings is 1. The zero-order valence-corrected chi connectivity index (χ0v) is 12.6. The van der Waals surface area contributed by atoms with Crippen molar-refractivity contribution < 1.29 is 4.79 Å². The second-order valence-electron chi connectivity index (χ2n) is 4.25. The molecule has 1 amide bonds. The topological polar surface area (TPSA) is 20.3 Å². The Kier molecular flexibility index (Phi) is 6.69. The van der Waals surface area contributed by atoms with Gasteiger partial charge < -0.3 is 0 Å². The summed E-state index contributed by atoms with van der Waals surface area (Å²) in [6.07, 6.45) is 10.7. The lowest BCUT2D eigenvalue weighted by atomic mass is 10.0. The molecule has 0 heterocycles. The van der Waals surface area contributed by atoms with Crippen LogP contribution in [0.1, 0.15) is 13.8 Å². The maximum Gasteiger partial charge on any atom is 0.262 e. The Balaban J connectivity index is 3.19. The second kappa shape index (κ2) is 8.54. The number of amides is 1. The van der Waals surface area contributed by atoms with Gasteiger partial charge in [-0.2, -0.15) is 0 Å². The van der Waals surface area contributed by atoms with Gasteiger partial charge in [0.15, 0.2) is 0 Å². The van der Waals surface area contributed by atoms with Gasteiger partial charge in [0.25, 0.3) is 5.91 Å². The molecule has 108 valence electrons.